The Balaban J connectivity index is 1.30. The number of hydrogen-bond donors (Lipinski definition) is 0. The molecule has 3 fully saturated rings. The van der Waals surface area contributed by atoms with Crippen LogP contribution in [0, 0.1) is 6.92 Å². The van der Waals surface area contributed by atoms with Gasteiger partial charge in [0.1, 0.15) is 6.26 Å². The summed E-state index contributed by atoms with van der Waals surface area (Å²) in [5.41, 5.74) is 5.25. The predicted molar refractivity (Wildman–Crippen MR) is 94.4 cm³/mol. The molecule has 5 heterocycles. The van der Waals surface area contributed by atoms with E-state index in [1.54, 1.807) is 6.26 Å². The van der Waals surface area contributed by atoms with E-state index in [1.807, 2.05) is 11.8 Å². The minimum atomic E-state index is 0.0141. The van der Waals surface area contributed by atoms with Gasteiger partial charge < -0.3 is 14.2 Å². The van der Waals surface area contributed by atoms with Gasteiger partial charge >= 0.3 is 0 Å². The van der Waals surface area contributed by atoms with E-state index in [1.165, 1.54) is 16.7 Å². The Morgan fingerprint density at radius 2 is 2.04 bits per heavy atom. The summed E-state index contributed by atoms with van der Waals surface area (Å²) in [6.45, 7) is 6.00. The van der Waals surface area contributed by atoms with Crippen LogP contribution in [0.2, 0.25) is 0 Å². The van der Waals surface area contributed by atoms with Crippen LogP contribution in [-0.4, -0.2) is 46.0 Å². The van der Waals surface area contributed by atoms with Gasteiger partial charge in [-0.3, -0.25) is 9.69 Å². The van der Waals surface area contributed by atoms with E-state index in [-0.39, 0.29) is 11.9 Å². The molecule has 136 valence electrons. The van der Waals surface area contributed by atoms with Gasteiger partial charge in [0.2, 0.25) is 0 Å². The van der Waals surface area contributed by atoms with Crippen molar-refractivity contribution in [2.75, 3.05) is 13.1 Å². The number of piperidine rings is 2. The van der Waals surface area contributed by atoms with Crippen molar-refractivity contribution in [2.24, 2.45) is 0 Å². The van der Waals surface area contributed by atoms with E-state index in [4.69, 9.17) is 9.26 Å². The number of piperazine rings is 1. The lowest BCUT2D eigenvalue weighted by molar-refractivity contribution is -0.0159. The fraction of sp³-hybridized carbons (Fsp3) is 0.500. The Hall–Kier alpha value is -2.18. The zero-order valence-electron chi connectivity index (χ0n) is 15.0. The molecule has 4 aliphatic heterocycles. The van der Waals surface area contributed by atoms with Crippen molar-refractivity contribution in [1.82, 2.24) is 15.0 Å². The van der Waals surface area contributed by atoms with Crippen molar-refractivity contribution in [1.29, 1.82) is 0 Å². The van der Waals surface area contributed by atoms with Gasteiger partial charge in [0.05, 0.1) is 13.2 Å². The van der Waals surface area contributed by atoms with E-state index >= 15 is 0 Å². The molecule has 2 bridgehead atoms. The molecule has 0 N–H and O–H groups in total. The molecule has 6 heteroatoms. The van der Waals surface area contributed by atoms with E-state index < -0.39 is 0 Å². The van der Waals surface area contributed by atoms with Gasteiger partial charge in [-0.05, 0) is 36.5 Å². The fourth-order valence-electron chi connectivity index (χ4n) is 4.55. The van der Waals surface area contributed by atoms with Crippen LogP contribution in [0.1, 0.15) is 45.6 Å². The number of hydrogen-bond acceptors (Lipinski definition) is 5. The van der Waals surface area contributed by atoms with Crippen molar-refractivity contribution in [2.45, 2.75) is 51.6 Å². The smallest absolute Gasteiger partial charge is 0.276 e. The molecule has 0 saturated carbocycles. The summed E-state index contributed by atoms with van der Waals surface area (Å²) in [5, 5.41) is 3.90. The molecule has 6 rings (SSSR count). The quantitative estimate of drug-likeness (QED) is 0.849. The second kappa shape index (κ2) is 6.21. The molecule has 6 nitrogen and oxygen atoms in total. The minimum absolute atomic E-state index is 0.0141. The van der Waals surface area contributed by atoms with E-state index in [2.05, 4.69) is 28.3 Å². The Morgan fingerprint density at radius 3 is 2.81 bits per heavy atom. The number of aryl methyl sites for hydroxylation is 1. The molecule has 4 aliphatic rings. The molecular weight excluding hydrogens is 330 g/mol. The van der Waals surface area contributed by atoms with Gasteiger partial charge in [0.25, 0.3) is 5.91 Å². The normalized spacial score (nSPS) is 24.9. The molecule has 1 aromatic heterocycles. The second-order valence-corrected chi connectivity index (χ2v) is 7.71. The van der Waals surface area contributed by atoms with Gasteiger partial charge in [-0.1, -0.05) is 23.4 Å². The van der Waals surface area contributed by atoms with Crippen LogP contribution >= 0.6 is 0 Å². The number of amides is 1. The monoisotopic (exact) mass is 353 g/mol. The van der Waals surface area contributed by atoms with Crippen LogP contribution in [0.15, 0.2) is 29.0 Å². The number of benzene rings is 1. The average Bonchev–Trinajstić information content (AvgIpc) is 3.30. The highest BCUT2D eigenvalue weighted by molar-refractivity contribution is 5.93. The first-order chi connectivity index (χ1) is 12.7. The molecule has 26 heavy (non-hydrogen) atoms. The van der Waals surface area contributed by atoms with Crippen LogP contribution in [-0.2, 0) is 24.5 Å². The zero-order valence-corrected chi connectivity index (χ0v) is 15.0. The highest BCUT2D eigenvalue weighted by Gasteiger charge is 2.42. The van der Waals surface area contributed by atoms with Crippen molar-refractivity contribution in [3.63, 3.8) is 0 Å². The van der Waals surface area contributed by atoms with Gasteiger partial charge in [-0.2, -0.15) is 0 Å². The predicted octanol–water partition coefficient (Wildman–Crippen LogP) is 2.50. The number of aromatic nitrogens is 1. The fourth-order valence-corrected chi connectivity index (χ4v) is 4.55. The van der Waals surface area contributed by atoms with Crippen LogP contribution in [0.25, 0.3) is 0 Å². The highest BCUT2D eigenvalue weighted by Crippen LogP contribution is 2.32. The third-order valence-corrected chi connectivity index (χ3v) is 6.02. The molecule has 2 aromatic rings. The number of rotatable bonds is 3. The summed E-state index contributed by atoms with van der Waals surface area (Å²) in [6, 6.07) is 7.38. The Kier molecular flexibility index (Phi) is 3.83. The summed E-state index contributed by atoms with van der Waals surface area (Å²) >= 11 is 0. The third kappa shape index (κ3) is 2.64. The zero-order chi connectivity index (χ0) is 17.7. The molecule has 2 unspecified atom stereocenters. The standard InChI is InChI=1S/C20H23N3O3/c1-13-10-26-21-19(13)20(24)23-9-17-4-5-18(23)8-22(17)7-14-2-3-15-11-25-12-16(15)6-14/h2-3,6,10,17-18H,4-5,7-9,11-12H2,1H3. The maximum absolute atomic E-state index is 12.8. The molecule has 0 spiro atoms. The summed E-state index contributed by atoms with van der Waals surface area (Å²) < 4.78 is 10.5. The maximum Gasteiger partial charge on any atom is 0.276 e. The highest BCUT2D eigenvalue weighted by atomic mass is 16.5. The summed E-state index contributed by atoms with van der Waals surface area (Å²) in [4.78, 5) is 17.4. The summed E-state index contributed by atoms with van der Waals surface area (Å²) in [7, 11) is 0. The van der Waals surface area contributed by atoms with E-state index in [0.29, 0.717) is 11.7 Å². The molecule has 1 aromatic carbocycles. The van der Waals surface area contributed by atoms with Crippen molar-refractivity contribution in [3.8, 4) is 0 Å². The molecule has 0 aliphatic carbocycles. The Bertz CT molecular complexity index is 847. The summed E-state index contributed by atoms with van der Waals surface area (Å²) in [6.07, 6.45) is 3.77. The first-order valence-corrected chi connectivity index (χ1v) is 9.33. The van der Waals surface area contributed by atoms with Gasteiger partial charge in [0, 0.05) is 37.3 Å². The lowest BCUT2D eigenvalue weighted by Gasteiger charge is -2.51. The molecular formula is C20H23N3O3. The first kappa shape index (κ1) is 16.0. The molecule has 2 atom stereocenters. The number of ether oxygens (including phenoxy) is 1. The van der Waals surface area contributed by atoms with Crippen LogP contribution < -0.4 is 0 Å². The number of carbonyl (C=O) groups excluding carboxylic acids is 1. The lowest BCUT2D eigenvalue weighted by Crippen LogP contribution is -2.63. The average molecular weight is 353 g/mol. The topological polar surface area (TPSA) is 58.8 Å². The van der Waals surface area contributed by atoms with E-state index in [0.717, 1.165) is 51.3 Å². The van der Waals surface area contributed by atoms with Crippen molar-refractivity contribution < 1.29 is 14.1 Å². The third-order valence-electron chi connectivity index (χ3n) is 6.02. The van der Waals surface area contributed by atoms with Crippen LogP contribution in [0.5, 0.6) is 0 Å². The maximum atomic E-state index is 12.8. The second-order valence-electron chi connectivity index (χ2n) is 7.71. The van der Waals surface area contributed by atoms with Gasteiger partial charge in [-0.25, -0.2) is 0 Å². The molecule has 0 radical (unpaired) electrons. The lowest BCUT2D eigenvalue weighted by atomic mass is 9.89. The van der Waals surface area contributed by atoms with Gasteiger partial charge in [0.15, 0.2) is 5.69 Å². The number of carbonyl (C=O) groups is 1. The molecule has 3 saturated heterocycles. The largest absolute Gasteiger partial charge is 0.372 e. The van der Waals surface area contributed by atoms with Crippen molar-refractivity contribution in [3.05, 3.63) is 52.4 Å². The number of nitrogens with zero attached hydrogens (tertiary/aromatic N) is 3. The van der Waals surface area contributed by atoms with Gasteiger partial charge in [-0.15, -0.1) is 0 Å². The van der Waals surface area contributed by atoms with E-state index in [9.17, 15) is 4.79 Å². The summed E-state index contributed by atoms with van der Waals surface area (Å²) in [5.74, 6) is 0.0141. The first-order valence-electron chi connectivity index (χ1n) is 9.33. The van der Waals surface area contributed by atoms with Crippen LogP contribution in [0.3, 0.4) is 0 Å². The Labute approximate surface area is 152 Å². The minimum Gasteiger partial charge on any atom is -0.372 e. The molecule has 1 amide bonds. The van der Waals surface area contributed by atoms with Crippen molar-refractivity contribution >= 4 is 5.91 Å². The van der Waals surface area contributed by atoms with Crippen LogP contribution in [0.4, 0.5) is 0 Å². The SMILES string of the molecule is Cc1conc1C(=O)N1CC2CCC1CN2Cc1ccc2c(c1)COC2. The Morgan fingerprint density at radius 1 is 1.19 bits per heavy atom. The number of fused-ring (bicyclic) bond motifs is 4.